The molecular formula is C17H16ClN3O2S. The number of rotatable bonds is 3. The molecule has 1 fully saturated rings. The van der Waals surface area contributed by atoms with E-state index in [1.54, 1.807) is 17.8 Å². The lowest BCUT2D eigenvalue weighted by atomic mass is 10.00. The molecule has 5 nitrogen and oxygen atoms in total. The molecule has 0 bridgehead atoms. The zero-order valence-electron chi connectivity index (χ0n) is 12.9. The molecule has 1 saturated heterocycles. The van der Waals surface area contributed by atoms with Crippen LogP contribution in [-0.4, -0.2) is 46.3 Å². The molecule has 24 heavy (non-hydrogen) atoms. The van der Waals surface area contributed by atoms with Gasteiger partial charge in [-0.05, 0) is 23.8 Å². The molecular weight excluding hydrogens is 346 g/mol. The average molecular weight is 362 g/mol. The first-order valence-corrected chi connectivity index (χ1v) is 8.99. The fourth-order valence-corrected chi connectivity index (χ4v) is 4.20. The summed E-state index contributed by atoms with van der Waals surface area (Å²) in [6, 6.07) is 7.25. The van der Waals surface area contributed by atoms with Gasteiger partial charge in [0.05, 0.1) is 40.2 Å². The normalized spacial score (nSPS) is 17.2. The van der Waals surface area contributed by atoms with Crippen LogP contribution < -0.4 is 0 Å². The monoisotopic (exact) mass is 361 g/mol. The van der Waals surface area contributed by atoms with Crippen molar-refractivity contribution in [3.05, 3.63) is 52.3 Å². The molecule has 1 atom stereocenters. The van der Waals surface area contributed by atoms with E-state index < -0.39 is 0 Å². The molecule has 0 amide bonds. The van der Waals surface area contributed by atoms with Crippen LogP contribution in [0.2, 0.25) is 5.02 Å². The summed E-state index contributed by atoms with van der Waals surface area (Å²) in [4.78, 5) is 11.2. The predicted octanol–water partition coefficient (Wildman–Crippen LogP) is 3.47. The third-order valence-electron chi connectivity index (χ3n) is 4.24. The molecule has 4 rings (SSSR count). The van der Waals surface area contributed by atoms with Gasteiger partial charge in [-0.25, -0.2) is 4.98 Å². The van der Waals surface area contributed by atoms with Crippen LogP contribution in [0.3, 0.4) is 0 Å². The van der Waals surface area contributed by atoms with Crippen LogP contribution in [0.1, 0.15) is 17.3 Å². The van der Waals surface area contributed by atoms with Crippen molar-refractivity contribution in [3.63, 3.8) is 0 Å². The predicted molar refractivity (Wildman–Crippen MR) is 94.8 cm³/mol. The topological polar surface area (TPSA) is 58.5 Å². The standard InChI is InChI=1S/C17H16ClN3O2S/c18-12-2-1-5-19-14(12)16(21-6-8-23-9-7-21)11-3-4-13(22)15-17(11)24-10-20-15/h1-5,10,16,22H,6-9H2. The minimum absolute atomic E-state index is 0.0915. The lowest BCUT2D eigenvalue weighted by Gasteiger charge is -2.35. The van der Waals surface area contributed by atoms with Gasteiger partial charge in [0.25, 0.3) is 0 Å². The lowest BCUT2D eigenvalue weighted by Crippen LogP contribution is -2.40. The third-order valence-corrected chi connectivity index (χ3v) is 5.44. The number of benzene rings is 1. The second-order valence-corrected chi connectivity index (χ2v) is 6.89. The van der Waals surface area contributed by atoms with Gasteiger partial charge in [-0.1, -0.05) is 17.7 Å². The number of aromatic nitrogens is 2. The highest BCUT2D eigenvalue weighted by Crippen LogP contribution is 2.39. The van der Waals surface area contributed by atoms with E-state index in [9.17, 15) is 5.11 Å². The Balaban J connectivity index is 1.90. The fraction of sp³-hybridized carbons (Fsp3) is 0.294. The minimum Gasteiger partial charge on any atom is -0.506 e. The number of ether oxygens (including phenoxy) is 1. The molecule has 0 radical (unpaired) electrons. The minimum atomic E-state index is -0.0915. The summed E-state index contributed by atoms with van der Waals surface area (Å²) in [7, 11) is 0. The second-order valence-electron chi connectivity index (χ2n) is 5.63. The summed E-state index contributed by atoms with van der Waals surface area (Å²) in [5, 5.41) is 10.7. The molecule has 0 spiro atoms. The molecule has 0 saturated carbocycles. The Morgan fingerprint density at radius 1 is 1.21 bits per heavy atom. The number of aromatic hydroxyl groups is 1. The first-order valence-electron chi connectivity index (χ1n) is 7.73. The molecule has 2 aromatic heterocycles. The number of hydrogen-bond acceptors (Lipinski definition) is 6. The van der Waals surface area contributed by atoms with Gasteiger partial charge in [0, 0.05) is 19.3 Å². The second kappa shape index (κ2) is 6.64. The van der Waals surface area contributed by atoms with Crippen LogP contribution in [0.5, 0.6) is 5.75 Å². The van der Waals surface area contributed by atoms with Crippen LogP contribution in [0.4, 0.5) is 0 Å². The Morgan fingerprint density at radius 3 is 2.83 bits per heavy atom. The van der Waals surface area contributed by atoms with Gasteiger partial charge in [0.1, 0.15) is 11.3 Å². The number of pyridine rings is 1. The van der Waals surface area contributed by atoms with Crippen molar-refractivity contribution in [3.8, 4) is 5.75 Å². The van der Waals surface area contributed by atoms with Crippen molar-refractivity contribution < 1.29 is 9.84 Å². The van der Waals surface area contributed by atoms with E-state index in [0.717, 1.165) is 29.0 Å². The van der Waals surface area contributed by atoms with Gasteiger partial charge in [-0.15, -0.1) is 11.3 Å². The number of phenolic OH excluding ortho intramolecular Hbond substituents is 1. The summed E-state index contributed by atoms with van der Waals surface area (Å²) < 4.78 is 6.46. The first kappa shape index (κ1) is 15.8. The summed E-state index contributed by atoms with van der Waals surface area (Å²) in [5.74, 6) is 0.197. The van der Waals surface area contributed by atoms with Gasteiger partial charge in [0.15, 0.2) is 0 Å². The van der Waals surface area contributed by atoms with E-state index in [1.165, 1.54) is 11.3 Å². The van der Waals surface area contributed by atoms with E-state index in [1.807, 2.05) is 18.2 Å². The van der Waals surface area contributed by atoms with Gasteiger partial charge < -0.3 is 9.84 Å². The molecule has 1 unspecified atom stereocenters. The smallest absolute Gasteiger partial charge is 0.142 e. The molecule has 0 aliphatic carbocycles. The Hall–Kier alpha value is -1.73. The number of phenols is 1. The molecule has 7 heteroatoms. The molecule has 3 heterocycles. The van der Waals surface area contributed by atoms with E-state index >= 15 is 0 Å². The summed E-state index contributed by atoms with van der Waals surface area (Å²) in [5.41, 5.74) is 4.27. The maximum absolute atomic E-state index is 10.1. The molecule has 1 aliphatic rings. The van der Waals surface area contributed by atoms with Crippen LogP contribution in [0.25, 0.3) is 10.2 Å². The highest BCUT2D eigenvalue weighted by Gasteiger charge is 2.29. The number of fused-ring (bicyclic) bond motifs is 1. The maximum atomic E-state index is 10.1. The van der Waals surface area contributed by atoms with E-state index in [4.69, 9.17) is 16.3 Å². The van der Waals surface area contributed by atoms with Gasteiger partial charge in [-0.3, -0.25) is 9.88 Å². The highest BCUT2D eigenvalue weighted by atomic mass is 35.5. The quantitative estimate of drug-likeness (QED) is 0.774. The number of thiazole rings is 1. The van der Waals surface area contributed by atoms with Crippen molar-refractivity contribution in [2.75, 3.05) is 26.3 Å². The summed E-state index contributed by atoms with van der Waals surface area (Å²) >= 11 is 7.98. The SMILES string of the molecule is Oc1ccc(C(c2ncccc2Cl)N2CCOCC2)c2scnc12. The van der Waals surface area contributed by atoms with Gasteiger partial charge in [-0.2, -0.15) is 0 Å². The summed E-state index contributed by atoms with van der Waals surface area (Å²) in [6.07, 6.45) is 1.76. The van der Waals surface area contributed by atoms with Crippen molar-refractivity contribution in [2.45, 2.75) is 6.04 Å². The Morgan fingerprint density at radius 2 is 2.04 bits per heavy atom. The third kappa shape index (κ3) is 2.75. The molecule has 1 aliphatic heterocycles. The van der Waals surface area contributed by atoms with E-state index in [0.29, 0.717) is 23.8 Å². The zero-order valence-corrected chi connectivity index (χ0v) is 14.4. The van der Waals surface area contributed by atoms with Crippen molar-refractivity contribution >= 4 is 33.2 Å². The first-order chi connectivity index (χ1) is 11.8. The number of hydrogen-bond donors (Lipinski definition) is 1. The Bertz CT molecular complexity index is 864. The van der Waals surface area contributed by atoms with Crippen molar-refractivity contribution in [2.24, 2.45) is 0 Å². The molecule has 3 aromatic rings. The lowest BCUT2D eigenvalue weighted by molar-refractivity contribution is 0.0235. The van der Waals surface area contributed by atoms with Crippen molar-refractivity contribution in [1.29, 1.82) is 0 Å². The fourth-order valence-electron chi connectivity index (χ4n) is 3.12. The largest absolute Gasteiger partial charge is 0.506 e. The molecule has 1 aromatic carbocycles. The molecule has 1 N–H and O–H groups in total. The Kier molecular flexibility index (Phi) is 4.37. The van der Waals surface area contributed by atoms with Gasteiger partial charge >= 0.3 is 0 Å². The van der Waals surface area contributed by atoms with Crippen molar-refractivity contribution in [1.82, 2.24) is 14.9 Å². The van der Waals surface area contributed by atoms with Gasteiger partial charge in [0.2, 0.25) is 0 Å². The molecule has 124 valence electrons. The number of morpholine rings is 1. The Labute approximate surface area is 148 Å². The number of halogens is 1. The van der Waals surface area contributed by atoms with Crippen LogP contribution in [-0.2, 0) is 4.74 Å². The van der Waals surface area contributed by atoms with E-state index in [2.05, 4.69) is 14.9 Å². The van der Waals surface area contributed by atoms with Crippen LogP contribution >= 0.6 is 22.9 Å². The average Bonchev–Trinajstić information content (AvgIpc) is 3.10. The van der Waals surface area contributed by atoms with Crippen LogP contribution in [0.15, 0.2) is 36.0 Å². The van der Waals surface area contributed by atoms with E-state index in [-0.39, 0.29) is 11.8 Å². The number of nitrogens with zero attached hydrogens (tertiary/aromatic N) is 3. The maximum Gasteiger partial charge on any atom is 0.142 e. The highest BCUT2D eigenvalue weighted by molar-refractivity contribution is 7.17. The zero-order chi connectivity index (χ0) is 16.5. The summed E-state index contributed by atoms with van der Waals surface area (Å²) in [6.45, 7) is 2.98. The van der Waals surface area contributed by atoms with Crippen LogP contribution in [0, 0.1) is 0 Å².